The Morgan fingerprint density at radius 1 is 1.25 bits per heavy atom. The second-order valence-electron chi connectivity index (χ2n) is 4.32. The second kappa shape index (κ2) is 6.11. The highest BCUT2D eigenvalue weighted by atomic mass is 35.5. The van der Waals surface area contributed by atoms with Crippen LogP contribution in [0.1, 0.15) is 11.1 Å². The zero-order chi connectivity index (χ0) is 14.7. The smallest absolute Gasteiger partial charge is 0.274 e. The molecule has 0 aliphatic rings. The summed E-state index contributed by atoms with van der Waals surface area (Å²) in [6, 6.07) is 10.4. The maximum Gasteiger partial charge on any atom is 0.274 e. The van der Waals surface area contributed by atoms with E-state index in [1.54, 1.807) is 25.1 Å². The third-order valence-electron chi connectivity index (χ3n) is 2.92. The average molecular weight is 311 g/mol. The first-order chi connectivity index (χ1) is 9.49. The normalized spacial score (nSPS) is 10.3. The van der Waals surface area contributed by atoms with Crippen molar-refractivity contribution in [3.05, 3.63) is 67.7 Å². The van der Waals surface area contributed by atoms with Gasteiger partial charge < -0.3 is 5.32 Å². The third kappa shape index (κ3) is 3.21. The van der Waals surface area contributed by atoms with E-state index in [0.29, 0.717) is 27.8 Å². The molecule has 0 amide bonds. The van der Waals surface area contributed by atoms with E-state index < -0.39 is 4.92 Å². The van der Waals surface area contributed by atoms with E-state index in [2.05, 4.69) is 5.32 Å². The van der Waals surface area contributed by atoms with Gasteiger partial charge in [-0.25, -0.2) is 0 Å². The van der Waals surface area contributed by atoms with Crippen LogP contribution >= 0.6 is 23.2 Å². The van der Waals surface area contributed by atoms with Crippen LogP contribution < -0.4 is 5.32 Å². The Labute approximate surface area is 126 Å². The Bertz CT molecular complexity index is 660. The number of anilines is 1. The second-order valence-corrected chi connectivity index (χ2v) is 5.11. The topological polar surface area (TPSA) is 55.2 Å². The summed E-state index contributed by atoms with van der Waals surface area (Å²) in [5.74, 6) is 0. The average Bonchev–Trinajstić information content (AvgIpc) is 2.41. The van der Waals surface area contributed by atoms with Gasteiger partial charge in [0.15, 0.2) is 0 Å². The highest BCUT2D eigenvalue weighted by Crippen LogP contribution is 2.27. The number of nitro benzene ring substituents is 1. The maximum atomic E-state index is 10.9. The molecule has 0 aliphatic heterocycles. The van der Waals surface area contributed by atoms with E-state index in [9.17, 15) is 10.1 Å². The van der Waals surface area contributed by atoms with Crippen LogP contribution in [0.2, 0.25) is 10.0 Å². The van der Waals surface area contributed by atoms with Gasteiger partial charge in [0.1, 0.15) is 0 Å². The van der Waals surface area contributed by atoms with E-state index in [4.69, 9.17) is 23.2 Å². The van der Waals surface area contributed by atoms with Gasteiger partial charge >= 0.3 is 0 Å². The minimum absolute atomic E-state index is 0.0900. The molecule has 0 saturated carbocycles. The van der Waals surface area contributed by atoms with Crippen LogP contribution in [0.25, 0.3) is 0 Å². The van der Waals surface area contributed by atoms with Gasteiger partial charge in [-0.15, -0.1) is 0 Å². The molecule has 2 aromatic carbocycles. The summed E-state index contributed by atoms with van der Waals surface area (Å²) in [5, 5.41) is 15.0. The van der Waals surface area contributed by atoms with Crippen molar-refractivity contribution >= 4 is 34.6 Å². The predicted molar refractivity (Wildman–Crippen MR) is 81.6 cm³/mol. The molecule has 0 aliphatic carbocycles. The monoisotopic (exact) mass is 310 g/mol. The van der Waals surface area contributed by atoms with Crippen molar-refractivity contribution in [3.63, 3.8) is 0 Å². The van der Waals surface area contributed by atoms with Crippen molar-refractivity contribution in [1.82, 2.24) is 0 Å². The summed E-state index contributed by atoms with van der Waals surface area (Å²) in [6.45, 7) is 2.15. The number of aryl methyl sites for hydroxylation is 1. The number of rotatable bonds is 4. The fraction of sp³-hybridized carbons (Fsp3) is 0.143. The van der Waals surface area contributed by atoms with Crippen molar-refractivity contribution in [2.75, 3.05) is 5.32 Å². The fourth-order valence-electron chi connectivity index (χ4n) is 1.80. The van der Waals surface area contributed by atoms with E-state index in [-0.39, 0.29) is 5.69 Å². The Hall–Kier alpha value is -1.78. The molecule has 20 heavy (non-hydrogen) atoms. The molecule has 0 unspecified atom stereocenters. The van der Waals surface area contributed by atoms with E-state index >= 15 is 0 Å². The Kier molecular flexibility index (Phi) is 4.47. The molecule has 2 rings (SSSR count). The minimum Gasteiger partial charge on any atom is -0.381 e. The summed E-state index contributed by atoms with van der Waals surface area (Å²) >= 11 is 12.0. The van der Waals surface area contributed by atoms with Gasteiger partial charge in [-0.2, -0.15) is 0 Å². The number of hydrogen-bond donors (Lipinski definition) is 1. The summed E-state index contributed by atoms with van der Waals surface area (Å²) in [6.07, 6.45) is 0. The third-order valence-corrected chi connectivity index (χ3v) is 3.78. The molecule has 6 heteroatoms. The molecular formula is C14H12Cl2N2O2. The van der Waals surface area contributed by atoms with E-state index in [0.717, 1.165) is 5.56 Å². The van der Waals surface area contributed by atoms with Crippen LogP contribution in [0.3, 0.4) is 0 Å². The fourth-order valence-corrected chi connectivity index (χ4v) is 2.19. The largest absolute Gasteiger partial charge is 0.381 e. The molecule has 0 saturated heterocycles. The standard InChI is InChI=1S/C14H12Cl2N2O2/c1-9-5-6-11(7-13(9)18(19)20)17-8-10-3-2-4-12(15)14(10)16/h2-7,17H,8H2,1H3. The van der Waals surface area contributed by atoms with Crippen molar-refractivity contribution in [2.45, 2.75) is 13.5 Å². The van der Waals surface area contributed by atoms with Gasteiger partial charge in [0.05, 0.1) is 15.0 Å². The van der Waals surface area contributed by atoms with Crippen molar-refractivity contribution in [3.8, 4) is 0 Å². The molecule has 0 heterocycles. The minimum atomic E-state index is -0.396. The van der Waals surface area contributed by atoms with Crippen LogP contribution in [-0.4, -0.2) is 4.92 Å². The zero-order valence-electron chi connectivity index (χ0n) is 10.7. The van der Waals surface area contributed by atoms with Gasteiger partial charge in [0.2, 0.25) is 0 Å². The van der Waals surface area contributed by atoms with Crippen molar-refractivity contribution in [1.29, 1.82) is 0 Å². The summed E-state index contributed by atoms with van der Waals surface area (Å²) < 4.78 is 0. The van der Waals surface area contributed by atoms with Gasteiger partial charge in [0.25, 0.3) is 5.69 Å². The van der Waals surface area contributed by atoms with E-state index in [1.807, 2.05) is 12.1 Å². The highest BCUT2D eigenvalue weighted by molar-refractivity contribution is 6.42. The Morgan fingerprint density at radius 2 is 2.00 bits per heavy atom. The lowest BCUT2D eigenvalue weighted by atomic mass is 10.1. The van der Waals surface area contributed by atoms with Crippen LogP contribution in [0.4, 0.5) is 11.4 Å². The van der Waals surface area contributed by atoms with Gasteiger partial charge in [0, 0.05) is 23.9 Å². The molecule has 0 spiro atoms. The molecule has 0 aromatic heterocycles. The van der Waals surface area contributed by atoms with E-state index in [1.165, 1.54) is 6.07 Å². The molecule has 0 atom stereocenters. The molecule has 104 valence electrons. The molecule has 0 radical (unpaired) electrons. The quantitative estimate of drug-likeness (QED) is 0.650. The van der Waals surface area contributed by atoms with Gasteiger partial charge in [-0.1, -0.05) is 41.4 Å². The van der Waals surface area contributed by atoms with Gasteiger partial charge in [-0.05, 0) is 24.6 Å². The highest BCUT2D eigenvalue weighted by Gasteiger charge is 2.11. The lowest BCUT2D eigenvalue weighted by Gasteiger charge is -2.09. The Balaban J connectivity index is 2.17. The lowest BCUT2D eigenvalue weighted by Crippen LogP contribution is -2.01. The molecule has 0 bridgehead atoms. The SMILES string of the molecule is Cc1ccc(NCc2cccc(Cl)c2Cl)cc1[N+](=O)[O-]. The van der Waals surface area contributed by atoms with Crippen LogP contribution in [0.5, 0.6) is 0 Å². The number of nitrogens with one attached hydrogen (secondary N) is 1. The molecule has 0 fully saturated rings. The Morgan fingerprint density at radius 3 is 2.70 bits per heavy atom. The zero-order valence-corrected chi connectivity index (χ0v) is 12.2. The van der Waals surface area contributed by atoms with Crippen LogP contribution in [0, 0.1) is 17.0 Å². The number of benzene rings is 2. The first-order valence-corrected chi connectivity index (χ1v) is 6.66. The first-order valence-electron chi connectivity index (χ1n) is 5.91. The van der Waals surface area contributed by atoms with Crippen molar-refractivity contribution in [2.24, 2.45) is 0 Å². The predicted octanol–water partition coefficient (Wildman–Crippen LogP) is 4.82. The molecule has 2 aromatic rings. The number of nitrogens with zero attached hydrogens (tertiary/aromatic N) is 1. The maximum absolute atomic E-state index is 10.9. The summed E-state index contributed by atoms with van der Waals surface area (Å²) in [5.41, 5.74) is 2.22. The molecular weight excluding hydrogens is 299 g/mol. The molecule has 4 nitrogen and oxygen atoms in total. The summed E-state index contributed by atoms with van der Waals surface area (Å²) in [4.78, 5) is 10.5. The number of hydrogen-bond acceptors (Lipinski definition) is 3. The van der Waals surface area contributed by atoms with Gasteiger partial charge in [-0.3, -0.25) is 10.1 Å². The molecule has 1 N–H and O–H groups in total. The summed E-state index contributed by atoms with van der Waals surface area (Å²) in [7, 11) is 0. The van der Waals surface area contributed by atoms with Crippen LogP contribution in [-0.2, 0) is 6.54 Å². The van der Waals surface area contributed by atoms with Crippen molar-refractivity contribution < 1.29 is 4.92 Å². The first kappa shape index (κ1) is 14.6. The number of halogens is 2. The number of nitro groups is 1. The van der Waals surface area contributed by atoms with Crippen LogP contribution in [0.15, 0.2) is 36.4 Å². The lowest BCUT2D eigenvalue weighted by molar-refractivity contribution is -0.385.